The molecule has 2 rings (SSSR count). The molecule has 4 nitrogen and oxygen atoms in total. The number of aliphatic imine (C=N–C) groups is 1. The van der Waals surface area contributed by atoms with E-state index in [1.165, 1.54) is 12.1 Å². The third-order valence-electron chi connectivity index (χ3n) is 3.63. The van der Waals surface area contributed by atoms with Crippen LogP contribution in [0.4, 0.5) is 4.39 Å². The van der Waals surface area contributed by atoms with Crippen molar-refractivity contribution in [3.05, 3.63) is 51.7 Å². The molecule has 7 heteroatoms. The predicted octanol–water partition coefficient (Wildman–Crippen LogP) is 4.50. The van der Waals surface area contributed by atoms with E-state index in [0.717, 1.165) is 41.7 Å². The van der Waals surface area contributed by atoms with Gasteiger partial charge in [0.2, 0.25) is 0 Å². The van der Waals surface area contributed by atoms with Gasteiger partial charge in [-0.2, -0.15) is 0 Å². The van der Waals surface area contributed by atoms with E-state index in [2.05, 4.69) is 41.8 Å². The molecule has 0 saturated heterocycles. The molecule has 0 unspecified atom stereocenters. The molecule has 2 N–H and O–H groups in total. The second kappa shape index (κ2) is 10.8. The van der Waals surface area contributed by atoms with Crippen LogP contribution in [0.25, 0.3) is 0 Å². The first kappa shape index (κ1) is 22.8. The number of halogens is 2. The Morgan fingerprint density at radius 3 is 2.46 bits per heavy atom. The van der Waals surface area contributed by atoms with Gasteiger partial charge >= 0.3 is 0 Å². The molecular formula is C19H28FIN4S. The highest BCUT2D eigenvalue weighted by Gasteiger charge is 2.17. The van der Waals surface area contributed by atoms with Crippen LogP contribution < -0.4 is 10.6 Å². The van der Waals surface area contributed by atoms with Crippen LogP contribution in [0.5, 0.6) is 0 Å². The Morgan fingerprint density at radius 2 is 1.88 bits per heavy atom. The van der Waals surface area contributed by atoms with Crippen molar-refractivity contribution >= 4 is 41.3 Å². The molecule has 0 radical (unpaired) electrons. The maximum absolute atomic E-state index is 12.9. The minimum atomic E-state index is -0.226. The van der Waals surface area contributed by atoms with Crippen molar-refractivity contribution in [1.82, 2.24) is 15.6 Å². The summed E-state index contributed by atoms with van der Waals surface area (Å²) in [6, 6.07) is 6.43. The molecule has 26 heavy (non-hydrogen) atoms. The van der Waals surface area contributed by atoms with E-state index in [4.69, 9.17) is 4.98 Å². The van der Waals surface area contributed by atoms with Gasteiger partial charge in [-0.25, -0.2) is 14.4 Å². The number of hydrogen-bond acceptors (Lipinski definition) is 3. The highest BCUT2D eigenvalue weighted by Crippen LogP contribution is 2.23. The van der Waals surface area contributed by atoms with Crippen molar-refractivity contribution in [2.45, 2.75) is 46.1 Å². The van der Waals surface area contributed by atoms with Crippen LogP contribution in [0.3, 0.4) is 0 Å². The summed E-state index contributed by atoms with van der Waals surface area (Å²) in [5.41, 5.74) is 2.21. The summed E-state index contributed by atoms with van der Waals surface area (Å²) in [6.07, 6.45) is 0.863. The normalized spacial score (nSPS) is 11.8. The zero-order valence-corrected chi connectivity index (χ0v) is 19.0. The summed E-state index contributed by atoms with van der Waals surface area (Å²) in [6.45, 7) is 10.6. The largest absolute Gasteiger partial charge is 0.357 e. The minimum absolute atomic E-state index is 0. The number of thiazole rings is 1. The summed E-state index contributed by atoms with van der Waals surface area (Å²) in [5, 5.41) is 9.83. The summed E-state index contributed by atoms with van der Waals surface area (Å²) in [5.74, 6) is 0.537. The molecule has 144 valence electrons. The Morgan fingerprint density at radius 1 is 1.19 bits per heavy atom. The van der Waals surface area contributed by atoms with Gasteiger partial charge in [-0.3, -0.25) is 0 Å². The molecule has 0 saturated carbocycles. The fourth-order valence-electron chi connectivity index (χ4n) is 2.16. The van der Waals surface area contributed by atoms with E-state index >= 15 is 0 Å². The van der Waals surface area contributed by atoms with E-state index < -0.39 is 0 Å². The number of nitrogens with zero attached hydrogens (tertiary/aromatic N) is 2. The molecule has 1 heterocycles. The van der Waals surface area contributed by atoms with Gasteiger partial charge in [0, 0.05) is 30.3 Å². The van der Waals surface area contributed by atoms with Gasteiger partial charge in [-0.1, -0.05) is 32.9 Å². The van der Waals surface area contributed by atoms with E-state index in [-0.39, 0.29) is 35.2 Å². The van der Waals surface area contributed by atoms with Crippen LogP contribution in [0.15, 0.2) is 34.6 Å². The van der Waals surface area contributed by atoms with Crippen molar-refractivity contribution < 1.29 is 4.39 Å². The van der Waals surface area contributed by atoms with Crippen LogP contribution >= 0.6 is 35.3 Å². The summed E-state index contributed by atoms with van der Waals surface area (Å²) in [7, 11) is 0. The Bertz CT molecular complexity index is 692. The van der Waals surface area contributed by atoms with Gasteiger partial charge in [0.05, 0.1) is 17.2 Å². The Kier molecular flexibility index (Phi) is 9.49. The van der Waals surface area contributed by atoms with Crippen molar-refractivity contribution in [2.24, 2.45) is 4.99 Å². The minimum Gasteiger partial charge on any atom is -0.357 e. The van der Waals surface area contributed by atoms with Gasteiger partial charge in [-0.05, 0) is 24.6 Å². The highest BCUT2D eigenvalue weighted by atomic mass is 127. The lowest BCUT2D eigenvalue weighted by atomic mass is 9.93. The van der Waals surface area contributed by atoms with Crippen LogP contribution in [0.1, 0.15) is 44.0 Å². The average Bonchev–Trinajstić information content (AvgIpc) is 3.03. The molecular weight excluding hydrogens is 462 g/mol. The Balaban J connectivity index is 0.00000338. The molecule has 0 bridgehead atoms. The summed E-state index contributed by atoms with van der Waals surface area (Å²) in [4.78, 5) is 9.25. The quantitative estimate of drug-likeness (QED) is 0.356. The lowest BCUT2D eigenvalue weighted by Crippen LogP contribution is -2.38. The summed E-state index contributed by atoms with van der Waals surface area (Å²) >= 11 is 1.71. The predicted molar refractivity (Wildman–Crippen MR) is 119 cm³/mol. The molecule has 0 spiro atoms. The van der Waals surface area contributed by atoms with Crippen LogP contribution in [0.2, 0.25) is 0 Å². The number of hydrogen-bond donors (Lipinski definition) is 2. The first-order chi connectivity index (χ1) is 11.9. The molecule has 1 aromatic heterocycles. The van der Waals surface area contributed by atoms with Crippen molar-refractivity contribution in [3.63, 3.8) is 0 Å². The Labute approximate surface area is 176 Å². The first-order valence-electron chi connectivity index (χ1n) is 8.60. The van der Waals surface area contributed by atoms with E-state index in [1.54, 1.807) is 23.5 Å². The van der Waals surface area contributed by atoms with Crippen LogP contribution in [0, 0.1) is 5.82 Å². The van der Waals surface area contributed by atoms with Gasteiger partial charge in [-0.15, -0.1) is 35.3 Å². The number of nitrogens with one attached hydrogen (secondary N) is 2. The van der Waals surface area contributed by atoms with Gasteiger partial charge in [0.1, 0.15) is 5.82 Å². The van der Waals surface area contributed by atoms with Gasteiger partial charge in [0.25, 0.3) is 0 Å². The third-order valence-corrected chi connectivity index (χ3v) is 4.54. The molecule has 0 aliphatic rings. The van der Waals surface area contributed by atoms with E-state index in [0.29, 0.717) is 6.54 Å². The molecule has 0 aliphatic heterocycles. The van der Waals surface area contributed by atoms with Crippen molar-refractivity contribution in [2.75, 3.05) is 13.1 Å². The zero-order valence-electron chi connectivity index (χ0n) is 15.8. The second-order valence-electron chi connectivity index (χ2n) is 6.87. The van der Waals surface area contributed by atoms with Crippen molar-refractivity contribution in [3.8, 4) is 0 Å². The lowest BCUT2D eigenvalue weighted by Gasteiger charge is -2.14. The molecule has 0 amide bonds. The van der Waals surface area contributed by atoms with Crippen LogP contribution in [-0.4, -0.2) is 24.0 Å². The van der Waals surface area contributed by atoms with Crippen molar-refractivity contribution in [1.29, 1.82) is 0 Å². The monoisotopic (exact) mass is 490 g/mol. The number of guanidine groups is 1. The molecule has 2 aromatic rings. The van der Waals surface area contributed by atoms with E-state index in [1.807, 2.05) is 6.92 Å². The van der Waals surface area contributed by atoms with Gasteiger partial charge in [0.15, 0.2) is 5.96 Å². The SMILES string of the molecule is CCNC(=NCc1ccc(F)cc1)NCCc1nc(C(C)(C)C)cs1.I. The average molecular weight is 490 g/mol. The fraction of sp³-hybridized carbons (Fsp3) is 0.474. The fourth-order valence-corrected chi connectivity index (χ4v) is 3.18. The Hall–Kier alpha value is -1.22. The number of benzene rings is 1. The maximum Gasteiger partial charge on any atom is 0.191 e. The standard InChI is InChI=1S/C19H27FN4S.HI/c1-5-21-18(23-12-14-6-8-15(20)9-7-14)22-11-10-17-24-16(13-25-17)19(2,3)4;/h6-9,13H,5,10-12H2,1-4H3,(H2,21,22,23);1H. The molecule has 1 aromatic carbocycles. The number of aromatic nitrogens is 1. The van der Waals surface area contributed by atoms with Crippen LogP contribution in [-0.2, 0) is 18.4 Å². The molecule has 0 aliphatic carbocycles. The topological polar surface area (TPSA) is 49.3 Å². The first-order valence-corrected chi connectivity index (χ1v) is 9.48. The number of rotatable bonds is 6. The van der Waals surface area contributed by atoms with E-state index in [9.17, 15) is 4.39 Å². The summed E-state index contributed by atoms with van der Waals surface area (Å²) < 4.78 is 12.9. The third kappa shape index (κ3) is 7.57. The second-order valence-corrected chi connectivity index (χ2v) is 7.82. The molecule has 0 atom stereocenters. The lowest BCUT2D eigenvalue weighted by molar-refractivity contribution is 0.570. The van der Waals surface area contributed by atoms with Gasteiger partial charge < -0.3 is 10.6 Å². The highest BCUT2D eigenvalue weighted by molar-refractivity contribution is 14.0. The zero-order chi connectivity index (χ0) is 18.3. The smallest absolute Gasteiger partial charge is 0.191 e. The molecule has 0 fully saturated rings. The maximum atomic E-state index is 12.9.